The number of benzene rings is 2. The van der Waals surface area contributed by atoms with E-state index in [1.165, 1.54) is 4.57 Å². The van der Waals surface area contributed by atoms with Gasteiger partial charge in [0.2, 0.25) is 5.91 Å². The molecule has 1 aliphatic heterocycles. The summed E-state index contributed by atoms with van der Waals surface area (Å²) in [6, 6.07) is 14.1. The monoisotopic (exact) mass is 368 g/mol. The van der Waals surface area contributed by atoms with Crippen LogP contribution in [0.3, 0.4) is 0 Å². The number of carbonyl (C=O) groups excluding carboxylic acids is 1. The number of nitrogens with zero attached hydrogens (tertiary/aromatic N) is 3. The van der Waals surface area contributed by atoms with Crippen molar-refractivity contribution >= 4 is 34.2 Å². The lowest BCUT2D eigenvalue weighted by atomic mass is 10.1. The van der Waals surface area contributed by atoms with Crippen LogP contribution in [0, 0.1) is 0 Å². The lowest BCUT2D eigenvalue weighted by Crippen LogP contribution is -2.42. The van der Waals surface area contributed by atoms with Gasteiger partial charge in [-0.2, -0.15) is 4.98 Å². The second-order valence-corrected chi connectivity index (χ2v) is 6.74. The number of nitrogens with two attached hydrogens (primary N) is 1. The molecule has 7 heteroatoms. The van der Waals surface area contributed by atoms with Crippen LogP contribution in [0.1, 0.15) is 12.8 Å². The summed E-state index contributed by atoms with van der Waals surface area (Å²) in [5.74, 6) is 0.0776. The summed E-state index contributed by atoms with van der Waals surface area (Å²) >= 11 is 6.20. The van der Waals surface area contributed by atoms with E-state index in [0.717, 1.165) is 11.8 Å². The summed E-state index contributed by atoms with van der Waals surface area (Å²) in [6.45, 7) is 0.632. The summed E-state index contributed by atoms with van der Waals surface area (Å²) in [6.07, 6.45) is 1.49. The quantitative estimate of drug-likeness (QED) is 0.770. The van der Waals surface area contributed by atoms with Crippen molar-refractivity contribution in [1.29, 1.82) is 0 Å². The van der Waals surface area contributed by atoms with Crippen LogP contribution in [-0.2, 0) is 4.79 Å². The fourth-order valence-electron chi connectivity index (χ4n) is 3.54. The second kappa shape index (κ2) is 6.46. The van der Waals surface area contributed by atoms with Crippen molar-refractivity contribution in [1.82, 2.24) is 9.55 Å². The molecule has 0 aliphatic carbocycles. The highest BCUT2D eigenvalue weighted by atomic mass is 35.5. The van der Waals surface area contributed by atoms with Gasteiger partial charge in [-0.05, 0) is 43.2 Å². The van der Waals surface area contributed by atoms with Crippen LogP contribution < -0.4 is 16.3 Å². The Labute approximate surface area is 154 Å². The first-order valence-corrected chi connectivity index (χ1v) is 8.78. The molecule has 3 aromatic rings. The van der Waals surface area contributed by atoms with Crippen LogP contribution >= 0.6 is 11.6 Å². The predicted octanol–water partition coefficient (Wildman–Crippen LogP) is 2.49. The Morgan fingerprint density at radius 2 is 1.96 bits per heavy atom. The van der Waals surface area contributed by atoms with Gasteiger partial charge in [-0.1, -0.05) is 29.8 Å². The van der Waals surface area contributed by atoms with Crippen LogP contribution in [0.15, 0.2) is 53.3 Å². The normalized spacial score (nSPS) is 17.0. The molecular weight excluding hydrogens is 352 g/mol. The largest absolute Gasteiger partial charge is 0.368 e. The van der Waals surface area contributed by atoms with Crippen molar-refractivity contribution in [3.8, 4) is 5.69 Å². The Bertz CT molecular complexity index is 1050. The average molecular weight is 369 g/mol. The van der Waals surface area contributed by atoms with Crippen LogP contribution in [-0.4, -0.2) is 28.0 Å². The van der Waals surface area contributed by atoms with E-state index in [1.54, 1.807) is 12.1 Å². The summed E-state index contributed by atoms with van der Waals surface area (Å²) in [7, 11) is 0. The van der Waals surface area contributed by atoms with Crippen LogP contribution in [0.2, 0.25) is 5.02 Å². The minimum Gasteiger partial charge on any atom is -0.368 e. The number of hydrogen-bond donors (Lipinski definition) is 1. The zero-order valence-electron chi connectivity index (χ0n) is 13.9. The van der Waals surface area contributed by atoms with Gasteiger partial charge in [0.25, 0.3) is 0 Å². The smallest absolute Gasteiger partial charge is 0.354 e. The van der Waals surface area contributed by atoms with Crippen molar-refractivity contribution in [3.05, 3.63) is 64.0 Å². The summed E-state index contributed by atoms with van der Waals surface area (Å²) in [4.78, 5) is 30.8. The molecule has 2 N–H and O–H groups in total. The maximum atomic E-state index is 12.9. The van der Waals surface area contributed by atoms with E-state index in [2.05, 4.69) is 4.98 Å². The number of aromatic nitrogens is 2. The van der Waals surface area contributed by atoms with Crippen molar-refractivity contribution < 1.29 is 4.79 Å². The van der Waals surface area contributed by atoms with Crippen LogP contribution in [0.4, 0.5) is 5.82 Å². The topological polar surface area (TPSA) is 81.2 Å². The number of anilines is 1. The number of halogens is 1. The van der Waals surface area contributed by atoms with Crippen molar-refractivity contribution in [2.24, 2.45) is 5.73 Å². The number of fused-ring (bicyclic) bond motifs is 1. The lowest BCUT2D eigenvalue weighted by molar-refractivity contribution is -0.119. The molecule has 1 atom stereocenters. The van der Waals surface area contributed by atoms with E-state index in [1.807, 2.05) is 41.3 Å². The molecule has 0 bridgehead atoms. The van der Waals surface area contributed by atoms with Gasteiger partial charge in [-0.25, -0.2) is 4.79 Å². The van der Waals surface area contributed by atoms with Crippen molar-refractivity contribution in [2.45, 2.75) is 18.9 Å². The second-order valence-electron chi connectivity index (χ2n) is 6.30. The molecule has 1 amide bonds. The van der Waals surface area contributed by atoms with Gasteiger partial charge < -0.3 is 10.6 Å². The molecule has 4 rings (SSSR count). The molecule has 2 aromatic carbocycles. The van der Waals surface area contributed by atoms with Gasteiger partial charge in [0.15, 0.2) is 0 Å². The fraction of sp³-hybridized carbons (Fsp3) is 0.211. The minimum absolute atomic E-state index is 0.404. The molecule has 0 radical (unpaired) electrons. The molecule has 26 heavy (non-hydrogen) atoms. The molecule has 1 saturated heterocycles. The van der Waals surface area contributed by atoms with E-state index >= 15 is 0 Å². The first-order valence-electron chi connectivity index (χ1n) is 8.40. The van der Waals surface area contributed by atoms with E-state index in [4.69, 9.17) is 17.3 Å². The molecular formula is C19H17ClN4O2. The lowest BCUT2D eigenvalue weighted by Gasteiger charge is -2.25. The van der Waals surface area contributed by atoms with E-state index in [-0.39, 0.29) is 0 Å². The maximum Gasteiger partial charge on any atom is 0.354 e. The van der Waals surface area contributed by atoms with E-state index in [9.17, 15) is 9.59 Å². The summed E-state index contributed by atoms with van der Waals surface area (Å²) in [5, 5.41) is 1.28. The molecule has 6 nitrogen and oxygen atoms in total. The highest BCUT2D eigenvalue weighted by Crippen LogP contribution is 2.31. The van der Waals surface area contributed by atoms with Gasteiger partial charge in [0.05, 0.1) is 11.2 Å². The first-order chi connectivity index (χ1) is 12.6. The van der Waals surface area contributed by atoms with Crippen molar-refractivity contribution in [2.75, 3.05) is 11.4 Å². The molecule has 1 fully saturated rings. The Hall–Kier alpha value is -2.86. The zero-order chi connectivity index (χ0) is 18.3. The predicted molar refractivity (Wildman–Crippen MR) is 102 cm³/mol. The number of rotatable bonds is 3. The van der Waals surface area contributed by atoms with Gasteiger partial charge >= 0.3 is 5.69 Å². The summed E-state index contributed by atoms with van der Waals surface area (Å²) < 4.78 is 1.53. The van der Waals surface area contributed by atoms with Crippen LogP contribution in [0.5, 0.6) is 0 Å². The highest BCUT2D eigenvalue weighted by molar-refractivity contribution is 6.31. The third-order valence-corrected chi connectivity index (χ3v) is 4.94. The zero-order valence-corrected chi connectivity index (χ0v) is 14.7. The molecule has 1 aliphatic rings. The highest BCUT2D eigenvalue weighted by Gasteiger charge is 2.31. The third kappa shape index (κ3) is 2.72. The van der Waals surface area contributed by atoms with Crippen molar-refractivity contribution in [3.63, 3.8) is 0 Å². The molecule has 0 spiro atoms. The summed E-state index contributed by atoms with van der Waals surface area (Å²) in [5.41, 5.74) is 6.47. The minimum atomic E-state index is -0.451. The average Bonchev–Trinajstić information content (AvgIpc) is 3.11. The molecule has 132 valence electrons. The Morgan fingerprint density at radius 3 is 2.69 bits per heavy atom. The SMILES string of the molecule is NC(=O)[C@@H]1CCCN1c1nc(=O)n(-c2ccccc2)c2cc(Cl)ccc12. The number of carbonyl (C=O) groups is 1. The third-order valence-electron chi connectivity index (χ3n) is 4.70. The first kappa shape index (κ1) is 16.6. The Kier molecular flexibility index (Phi) is 4.12. The Morgan fingerprint density at radius 1 is 1.19 bits per heavy atom. The fourth-order valence-corrected chi connectivity index (χ4v) is 3.71. The van der Waals surface area contributed by atoms with Gasteiger partial charge in [0.1, 0.15) is 11.9 Å². The molecule has 1 aromatic heterocycles. The molecule has 0 saturated carbocycles. The van der Waals surface area contributed by atoms with E-state index in [0.29, 0.717) is 35.0 Å². The number of hydrogen-bond acceptors (Lipinski definition) is 4. The Balaban J connectivity index is 2.01. The maximum absolute atomic E-state index is 12.9. The molecule has 2 heterocycles. The number of para-hydroxylation sites is 1. The van der Waals surface area contributed by atoms with Crippen LogP contribution in [0.25, 0.3) is 16.6 Å². The van der Waals surface area contributed by atoms with Gasteiger partial charge in [-0.3, -0.25) is 9.36 Å². The van der Waals surface area contributed by atoms with E-state index < -0.39 is 17.6 Å². The standard InChI is InChI=1S/C19H17ClN4O2/c20-12-8-9-14-16(11-12)24(13-5-2-1-3-6-13)19(26)22-18(14)23-10-4-7-15(23)17(21)25/h1-3,5-6,8-9,11,15H,4,7,10H2,(H2,21,25)/t15-/m0/s1. The van der Waals surface area contributed by atoms with Gasteiger partial charge in [-0.15, -0.1) is 0 Å². The number of amides is 1. The molecule has 0 unspecified atom stereocenters. The van der Waals surface area contributed by atoms with Gasteiger partial charge in [0, 0.05) is 17.0 Å². The number of primary amides is 1.